The van der Waals surface area contributed by atoms with Crippen molar-refractivity contribution in [1.82, 2.24) is 5.06 Å². The first-order valence-corrected chi connectivity index (χ1v) is 10.0. The maximum atomic E-state index is 12.8. The van der Waals surface area contributed by atoms with Crippen molar-refractivity contribution in [3.8, 4) is 5.75 Å². The van der Waals surface area contributed by atoms with Gasteiger partial charge in [0.05, 0.1) is 19.1 Å². The van der Waals surface area contributed by atoms with Gasteiger partial charge in [0, 0.05) is 18.0 Å². The fourth-order valence-electron chi connectivity index (χ4n) is 2.58. The molecule has 0 amide bonds. The second-order valence-electron chi connectivity index (χ2n) is 5.98. The molecule has 1 N–H and O–H groups in total. The van der Waals surface area contributed by atoms with Crippen LogP contribution < -0.4 is 4.74 Å². The summed E-state index contributed by atoms with van der Waals surface area (Å²) in [5, 5.41) is 10.2. The standard InChI is InChI=1S/C21H20N2O5S/c1-27-18-8-10-19(11-9-18)29(25,26)22-21-17(4-3-5-20(21)28-2)7-6-16-12-14-23(24)15-13-16/h3-15,24H,1-2H3/b17-7+,22-21-. The largest absolute Gasteiger partial charge is 0.497 e. The van der Waals surface area contributed by atoms with Gasteiger partial charge in [0.15, 0.2) is 0 Å². The summed E-state index contributed by atoms with van der Waals surface area (Å²) in [6.07, 6.45) is 15.1. The number of methoxy groups -OCH3 is 2. The molecule has 1 aromatic rings. The molecule has 0 bridgehead atoms. The number of rotatable bonds is 5. The average molecular weight is 412 g/mol. The molecule has 2 aliphatic rings. The van der Waals surface area contributed by atoms with Crippen molar-refractivity contribution in [2.45, 2.75) is 4.90 Å². The number of hydrogen-bond acceptors (Lipinski definition) is 6. The Hall–Kier alpha value is -3.36. The second kappa shape index (κ2) is 8.76. The van der Waals surface area contributed by atoms with E-state index >= 15 is 0 Å². The zero-order valence-corrected chi connectivity index (χ0v) is 16.7. The third-order valence-electron chi connectivity index (χ3n) is 4.11. The lowest BCUT2D eigenvalue weighted by Crippen LogP contribution is -2.13. The molecule has 0 radical (unpaired) electrons. The molecule has 1 aromatic carbocycles. The molecule has 0 unspecified atom stereocenters. The van der Waals surface area contributed by atoms with Gasteiger partial charge in [0.1, 0.15) is 17.2 Å². The van der Waals surface area contributed by atoms with Crippen molar-refractivity contribution in [1.29, 1.82) is 0 Å². The number of allylic oxidation sites excluding steroid dienone is 9. The quantitative estimate of drug-likeness (QED) is 0.796. The van der Waals surface area contributed by atoms with E-state index in [0.717, 1.165) is 10.6 Å². The molecule has 0 saturated heterocycles. The molecule has 0 fully saturated rings. The Labute approximate surface area is 169 Å². The third kappa shape index (κ3) is 4.92. The highest BCUT2D eigenvalue weighted by molar-refractivity contribution is 7.90. The predicted molar refractivity (Wildman–Crippen MR) is 110 cm³/mol. The van der Waals surface area contributed by atoms with Crippen molar-refractivity contribution in [2.75, 3.05) is 14.2 Å². The highest BCUT2D eigenvalue weighted by Gasteiger charge is 2.20. The first-order chi connectivity index (χ1) is 13.9. The van der Waals surface area contributed by atoms with Gasteiger partial charge in [-0.05, 0) is 48.1 Å². The Morgan fingerprint density at radius 2 is 1.69 bits per heavy atom. The number of hydrogen-bond donors (Lipinski definition) is 1. The van der Waals surface area contributed by atoms with Crippen LogP contribution in [0.4, 0.5) is 0 Å². The van der Waals surface area contributed by atoms with Crippen molar-refractivity contribution in [3.63, 3.8) is 0 Å². The first-order valence-electron chi connectivity index (χ1n) is 8.60. The molecule has 0 atom stereocenters. The number of benzene rings is 1. The van der Waals surface area contributed by atoms with Crippen molar-refractivity contribution in [2.24, 2.45) is 4.40 Å². The second-order valence-corrected chi connectivity index (χ2v) is 7.59. The summed E-state index contributed by atoms with van der Waals surface area (Å²) in [4.78, 5) is 0.0506. The van der Waals surface area contributed by atoms with Gasteiger partial charge in [-0.3, -0.25) is 5.21 Å². The SMILES string of the molecule is COC1=CC=CC(=C\C=C2C=CN(O)C=C2)/C1=N/S(=O)(=O)c1ccc(OC)cc1. The van der Waals surface area contributed by atoms with Gasteiger partial charge in [-0.15, -0.1) is 0 Å². The number of hydroxylamine groups is 2. The van der Waals surface area contributed by atoms with Crippen LogP contribution >= 0.6 is 0 Å². The lowest BCUT2D eigenvalue weighted by molar-refractivity contribution is 0.0105. The predicted octanol–water partition coefficient (Wildman–Crippen LogP) is 3.51. The van der Waals surface area contributed by atoms with Crippen molar-refractivity contribution in [3.05, 3.63) is 96.1 Å². The summed E-state index contributed by atoms with van der Waals surface area (Å²) < 4.78 is 40.0. The third-order valence-corrected chi connectivity index (χ3v) is 5.40. The van der Waals surface area contributed by atoms with Crippen molar-refractivity contribution >= 4 is 15.7 Å². The Bertz CT molecular complexity index is 1070. The minimum absolute atomic E-state index is 0.0506. The van der Waals surface area contributed by atoms with Gasteiger partial charge in [-0.1, -0.05) is 24.3 Å². The smallest absolute Gasteiger partial charge is 0.283 e. The topological polar surface area (TPSA) is 88.4 Å². The zero-order chi connectivity index (χ0) is 20.9. The maximum absolute atomic E-state index is 12.8. The van der Waals surface area contributed by atoms with Gasteiger partial charge in [-0.2, -0.15) is 12.8 Å². The van der Waals surface area contributed by atoms with Crippen LogP contribution in [0.3, 0.4) is 0 Å². The fourth-order valence-corrected chi connectivity index (χ4v) is 3.61. The summed E-state index contributed by atoms with van der Waals surface area (Å²) in [7, 11) is -0.997. The number of sulfonamides is 1. The molecule has 8 heteroatoms. The summed E-state index contributed by atoms with van der Waals surface area (Å²) in [5.74, 6) is 0.891. The van der Waals surface area contributed by atoms with Gasteiger partial charge < -0.3 is 9.47 Å². The molecule has 7 nitrogen and oxygen atoms in total. The van der Waals surface area contributed by atoms with E-state index in [1.807, 2.05) is 0 Å². The van der Waals surface area contributed by atoms with Crippen molar-refractivity contribution < 1.29 is 23.1 Å². The number of ether oxygens (including phenoxy) is 2. The van der Waals surface area contributed by atoms with Crippen LogP contribution in [-0.2, 0) is 14.8 Å². The zero-order valence-electron chi connectivity index (χ0n) is 15.9. The summed E-state index contributed by atoms with van der Waals surface area (Å²) >= 11 is 0. The monoisotopic (exact) mass is 412 g/mol. The lowest BCUT2D eigenvalue weighted by Gasteiger charge is -2.14. The molecule has 150 valence electrons. The average Bonchev–Trinajstić information content (AvgIpc) is 2.74. The molecular formula is C21H20N2O5S. The van der Waals surface area contributed by atoms with Gasteiger partial charge in [0.2, 0.25) is 0 Å². The first kappa shape index (κ1) is 20.4. The minimum atomic E-state index is -3.96. The molecule has 1 aliphatic heterocycles. The van der Waals surface area contributed by atoms with Crippen LogP contribution in [0.1, 0.15) is 0 Å². The summed E-state index contributed by atoms with van der Waals surface area (Å²) in [5.41, 5.74) is 1.60. The minimum Gasteiger partial charge on any atom is -0.497 e. The van der Waals surface area contributed by atoms with Crippen LogP contribution in [0.25, 0.3) is 0 Å². The molecule has 29 heavy (non-hydrogen) atoms. The van der Waals surface area contributed by atoms with Gasteiger partial charge in [0.25, 0.3) is 10.0 Å². The fraction of sp³-hybridized carbons (Fsp3) is 0.0952. The van der Waals surface area contributed by atoms with Crippen LogP contribution in [0, 0.1) is 0 Å². The number of nitrogens with zero attached hydrogens (tertiary/aromatic N) is 2. The normalized spacial score (nSPS) is 18.9. The van der Waals surface area contributed by atoms with Crippen LogP contribution in [-0.4, -0.2) is 38.6 Å². The summed E-state index contributed by atoms with van der Waals surface area (Å²) in [6.45, 7) is 0. The van der Waals surface area contributed by atoms with Gasteiger partial charge in [-0.25, -0.2) is 5.06 Å². The van der Waals surface area contributed by atoms with E-state index in [2.05, 4.69) is 4.40 Å². The molecular weight excluding hydrogens is 392 g/mol. The van der Waals surface area contributed by atoms with E-state index in [9.17, 15) is 13.6 Å². The lowest BCUT2D eigenvalue weighted by atomic mass is 10.0. The highest BCUT2D eigenvalue weighted by atomic mass is 32.2. The van der Waals surface area contributed by atoms with Crippen LogP contribution in [0.5, 0.6) is 5.75 Å². The van der Waals surface area contributed by atoms with E-state index in [1.165, 1.54) is 38.8 Å². The van der Waals surface area contributed by atoms with E-state index in [0.29, 0.717) is 17.1 Å². The Morgan fingerprint density at radius 1 is 1.00 bits per heavy atom. The maximum Gasteiger partial charge on any atom is 0.283 e. The molecule has 3 rings (SSSR count). The molecule has 1 aliphatic carbocycles. The Balaban J connectivity index is 1.99. The van der Waals surface area contributed by atoms with E-state index in [1.54, 1.807) is 54.7 Å². The van der Waals surface area contributed by atoms with E-state index in [4.69, 9.17) is 9.47 Å². The molecule has 0 aromatic heterocycles. The molecule has 1 heterocycles. The molecule has 0 spiro atoms. The van der Waals surface area contributed by atoms with E-state index < -0.39 is 10.0 Å². The summed E-state index contributed by atoms with van der Waals surface area (Å²) in [6, 6.07) is 6.01. The van der Waals surface area contributed by atoms with Crippen LogP contribution in [0.2, 0.25) is 0 Å². The Kier molecular flexibility index (Phi) is 6.16. The van der Waals surface area contributed by atoms with Crippen LogP contribution in [0.15, 0.2) is 105 Å². The molecule has 0 saturated carbocycles. The Morgan fingerprint density at radius 3 is 2.31 bits per heavy atom. The van der Waals surface area contributed by atoms with E-state index in [-0.39, 0.29) is 10.6 Å². The highest BCUT2D eigenvalue weighted by Crippen LogP contribution is 2.23. The van der Waals surface area contributed by atoms with Gasteiger partial charge >= 0.3 is 0 Å².